The van der Waals surface area contributed by atoms with E-state index < -0.39 is 24.2 Å². The average molecular weight is 241 g/mol. The van der Waals surface area contributed by atoms with Crippen molar-refractivity contribution in [1.29, 1.82) is 0 Å². The van der Waals surface area contributed by atoms with Gasteiger partial charge >= 0.3 is 11.9 Å². The number of carboxylic acids is 1. The van der Waals surface area contributed by atoms with Crippen molar-refractivity contribution in [3.63, 3.8) is 0 Å². The largest absolute Gasteiger partial charge is 0.479 e. The summed E-state index contributed by atoms with van der Waals surface area (Å²) in [4.78, 5) is 34.0. The Labute approximate surface area is 96.6 Å². The van der Waals surface area contributed by atoms with Crippen LogP contribution in [-0.4, -0.2) is 46.7 Å². The Kier molecular flexibility index (Phi) is 2.74. The first-order valence-electron chi connectivity index (χ1n) is 5.04. The van der Waals surface area contributed by atoms with Crippen molar-refractivity contribution in [3.05, 3.63) is 11.8 Å². The Balaban J connectivity index is 2.09. The van der Waals surface area contributed by atoms with Gasteiger partial charge in [0.1, 0.15) is 12.4 Å². The van der Waals surface area contributed by atoms with Gasteiger partial charge in [-0.1, -0.05) is 0 Å². The number of hydrogen-bond donors (Lipinski definition) is 1. The summed E-state index contributed by atoms with van der Waals surface area (Å²) >= 11 is 0. The number of amides is 1. The number of nitrogens with zero attached hydrogens (tertiary/aromatic N) is 1. The van der Waals surface area contributed by atoms with E-state index in [4.69, 9.17) is 9.84 Å². The van der Waals surface area contributed by atoms with Crippen LogP contribution in [0.25, 0.3) is 0 Å². The van der Waals surface area contributed by atoms with E-state index in [2.05, 4.69) is 4.74 Å². The zero-order valence-electron chi connectivity index (χ0n) is 9.08. The second kappa shape index (κ2) is 4.08. The topological polar surface area (TPSA) is 93.1 Å². The van der Waals surface area contributed by atoms with Crippen LogP contribution in [0.2, 0.25) is 0 Å². The van der Waals surface area contributed by atoms with Gasteiger partial charge in [-0.25, -0.2) is 4.79 Å². The summed E-state index contributed by atoms with van der Waals surface area (Å²) in [6.07, 6.45) is 1.06. The van der Waals surface area contributed by atoms with E-state index in [9.17, 15) is 14.4 Å². The minimum absolute atomic E-state index is 0.0663. The highest BCUT2D eigenvalue weighted by Gasteiger charge is 2.53. The zero-order valence-corrected chi connectivity index (χ0v) is 9.08. The third-order valence-electron chi connectivity index (χ3n) is 2.57. The monoisotopic (exact) mass is 241 g/mol. The molecule has 2 heterocycles. The molecule has 0 aromatic rings. The number of hydrogen-bond acceptors (Lipinski definition) is 5. The first-order chi connectivity index (χ1) is 8.00. The summed E-state index contributed by atoms with van der Waals surface area (Å²) in [5.74, 6) is -1.73. The average Bonchev–Trinajstić information content (AvgIpc) is 2.50. The standard InChI is InChI=1S/C10H11NO6/c1-5(12)16-3-2-6-9(10(14)15)11-7(13)4-8(11)17-6/h2,8-9H,3-4H2,1H3,(H,14,15)/b6-2-. The van der Waals surface area contributed by atoms with Crippen molar-refractivity contribution in [2.45, 2.75) is 25.6 Å². The molecular weight excluding hydrogens is 230 g/mol. The van der Waals surface area contributed by atoms with Gasteiger partial charge < -0.3 is 14.6 Å². The highest BCUT2D eigenvalue weighted by atomic mass is 16.5. The van der Waals surface area contributed by atoms with E-state index in [0.717, 1.165) is 0 Å². The van der Waals surface area contributed by atoms with Crippen molar-refractivity contribution in [3.8, 4) is 0 Å². The number of carbonyl (C=O) groups excluding carboxylic acids is 2. The quantitative estimate of drug-likeness (QED) is 0.527. The lowest BCUT2D eigenvalue weighted by molar-refractivity contribution is -0.163. The number of β-lactam (4-membered cyclic amide) rings is 1. The molecular formula is C10H11NO6. The Bertz CT molecular complexity index is 415. The van der Waals surface area contributed by atoms with Gasteiger partial charge in [0.15, 0.2) is 12.3 Å². The minimum Gasteiger partial charge on any atom is -0.479 e. The molecule has 7 nitrogen and oxygen atoms in total. The van der Waals surface area contributed by atoms with Crippen molar-refractivity contribution in [1.82, 2.24) is 4.90 Å². The van der Waals surface area contributed by atoms with Crippen molar-refractivity contribution < 1.29 is 29.0 Å². The van der Waals surface area contributed by atoms with Gasteiger partial charge in [-0.05, 0) is 6.08 Å². The number of aliphatic carboxylic acids is 1. The Morgan fingerprint density at radius 3 is 2.88 bits per heavy atom. The van der Waals surface area contributed by atoms with Gasteiger partial charge in [-0.2, -0.15) is 0 Å². The van der Waals surface area contributed by atoms with E-state index in [1.54, 1.807) is 0 Å². The highest BCUT2D eigenvalue weighted by molar-refractivity contribution is 5.91. The van der Waals surface area contributed by atoms with Crippen LogP contribution in [0.5, 0.6) is 0 Å². The predicted octanol–water partition coefficient (Wildman–Crippen LogP) is -0.525. The lowest BCUT2D eigenvalue weighted by Crippen LogP contribution is -2.54. The first kappa shape index (κ1) is 11.4. The fourth-order valence-electron chi connectivity index (χ4n) is 1.81. The van der Waals surface area contributed by atoms with Crippen LogP contribution in [0.15, 0.2) is 11.8 Å². The summed E-state index contributed by atoms with van der Waals surface area (Å²) in [5, 5.41) is 9.01. The number of carbonyl (C=O) groups is 3. The molecule has 0 radical (unpaired) electrons. The maximum Gasteiger partial charge on any atom is 0.334 e. The molecule has 2 atom stereocenters. The van der Waals surface area contributed by atoms with Crippen LogP contribution in [0.1, 0.15) is 13.3 Å². The predicted molar refractivity (Wildman–Crippen MR) is 52.5 cm³/mol. The van der Waals surface area contributed by atoms with Crippen LogP contribution in [-0.2, 0) is 23.9 Å². The molecule has 1 amide bonds. The SMILES string of the molecule is CC(=O)OC/C=C1\OC2CC(=O)N2C1C(=O)O. The molecule has 0 aliphatic carbocycles. The summed E-state index contributed by atoms with van der Waals surface area (Å²) in [5.41, 5.74) is 0. The number of esters is 1. The molecule has 0 spiro atoms. The smallest absolute Gasteiger partial charge is 0.334 e. The maximum absolute atomic E-state index is 11.2. The molecule has 2 aliphatic heterocycles. The fourth-order valence-corrected chi connectivity index (χ4v) is 1.81. The molecule has 2 fully saturated rings. The van der Waals surface area contributed by atoms with Crippen molar-refractivity contribution in [2.75, 3.05) is 6.61 Å². The lowest BCUT2D eigenvalue weighted by Gasteiger charge is -2.33. The van der Waals surface area contributed by atoms with E-state index in [-0.39, 0.29) is 24.7 Å². The summed E-state index contributed by atoms with van der Waals surface area (Å²) < 4.78 is 9.94. The van der Waals surface area contributed by atoms with Gasteiger partial charge in [0.05, 0.1) is 6.42 Å². The van der Waals surface area contributed by atoms with E-state index in [1.807, 2.05) is 0 Å². The fraction of sp³-hybridized carbons (Fsp3) is 0.500. The van der Waals surface area contributed by atoms with E-state index in [1.165, 1.54) is 17.9 Å². The number of carboxylic acid groups (broad SMARTS) is 1. The second-order valence-electron chi connectivity index (χ2n) is 3.73. The third-order valence-corrected chi connectivity index (χ3v) is 2.57. The molecule has 0 bridgehead atoms. The molecule has 17 heavy (non-hydrogen) atoms. The van der Waals surface area contributed by atoms with Crippen LogP contribution >= 0.6 is 0 Å². The van der Waals surface area contributed by atoms with Crippen LogP contribution in [0.4, 0.5) is 0 Å². The Hall–Kier alpha value is -2.05. The van der Waals surface area contributed by atoms with Crippen LogP contribution in [0, 0.1) is 0 Å². The molecule has 2 rings (SSSR count). The van der Waals surface area contributed by atoms with Gasteiger partial charge in [-0.15, -0.1) is 0 Å². The molecule has 0 aromatic carbocycles. The van der Waals surface area contributed by atoms with Crippen molar-refractivity contribution >= 4 is 17.8 Å². The van der Waals surface area contributed by atoms with Gasteiger partial charge in [0.25, 0.3) is 0 Å². The second-order valence-corrected chi connectivity index (χ2v) is 3.73. The minimum atomic E-state index is -1.16. The zero-order chi connectivity index (χ0) is 12.6. The maximum atomic E-state index is 11.2. The molecule has 1 N–H and O–H groups in total. The molecule has 7 heteroatoms. The van der Waals surface area contributed by atoms with Crippen molar-refractivity contribution in [2.24, 2.45) is 0 Å². The number of rotatable bonds is 3. The number of fused-ring (bicyclic) bond motifs is 1. The Morgan fingerprint density at radius 2 is 2.35 bits per heavy atom. The third kappa shape index (κ3) is 1.95. The van der Waals surface area contributed by atoms with Gasteiger partial charge in [0.2, 0.25) is 5.91 Å². The molecule has 92 valence electrons. The van der Waals surface area contributed by atoms with Crippen LogP contribution < -0.4 is 0 Å². The highest BCUT2D eigenvalue weighted by Crippen LogP contribution is 2.36. The first-order valence-corrected chi connectivity index (χ1v) is 5.04. The molecule has 2 saturated heterocycles. The summed E-state index contributed by atoms with van der Waals surface area (Å²) in [7, 11) is 0. The summed E-state index contributed by atoms with van der Waals surface area (Å²) in [6.45, 7) is 1.18. The van der Waals surface area contributed by atoms with Crippen LogP contribution in [0.3, 0.4) is 0 Å². The molecule has 0 aromatic heterocycles. The normalized spacial score (nSPS) is 28.4. The summed E-state index contributed by atoms with van der Waals surface area (Å²) in [6, 6.07) is -1.10. The molecule has 2 aliphatic rings. The molecule has 2 unspecified atom stereocenters. The lowest BCUT2D eigenvalue weighted by atomic mass is 10.1. The van der Waals surface area contributed by atoms with Gasteiger partial charge in [0, 0.05) is 6.92 Å². The Morgan fingerprint density at radius 1 is 1.65 bits per heavy atom. The van der Waals surface area contributed by atoms with E-state index >= 15 is 0 Å². The molecule has 0 saturated carbocycles. The van der Waals surface area contributed by atoms with E-state index in [0.29, 0.717) is 0 Å². The van der Waals surface area contributed by atoms with Gasteiger partial charge in [-0.3, -0.25) is 14.5 Å². The number of ether oxygens (including phenoxy) is 2.